The highest BCUT2D eigenvalue weighted by molar-refractivity contribution is 5.94. The fourth-order valence-corrected chi connectivity index (χ4v) is 2.09. The van der Waals surface area contributed by atoms with E-state index in [1.807, 2.05) is 18.2 Å². The van der Waals surface area contributed by atoms with Gasteiger partial charge in [0, 0.05) is 18.4 Å². The molecule has 0 aliphatic heterocycles. The van der Waals surface area contributed by atoms with Crippen molar-refractivity contribution in [3.8, 4) is 0 Å². The fraction of sp³-hybridized carbons (Fsp3) is 0.267. The molecule has 4 nitrogen and oxygen atoms in total. The van der Waals surface area contributed by atoms with E-state index in [-0.39, 0.29) is 11.9 Å². The lowest BCUT2D eigenvalue weighted by Gasteiger charge is -2.22. The molecule has 102 valence electrons. The minimum atomic E-state index is -0.579. The quantitative estimate of drug-likeness (QED) is 0.802. The normalized spacial score (nSPS) is 14.1. The number of pyridine rings is 2. The smallest absolute Gasteiger partial charge is 0.256 e. The second kappa shape index (κ2) is 5.36. The van der Waals surface area contributed by atoms with Crippen molar-refractivity contribution >= 4 is 5.91 Å². The van der Waals surface area contributed by atoms with Gasteiger partial charge in [0.1, 0.15) is 0 Å². The van der Waals surface area contributed by atoms with Crippen LogP contribution in [0.4, 0.5) is 4.39 Å². The largest absolute Gasteiger partial charge is 0.330 e. The van der Waals surface area contributed by atoms with Crippen LogP contribution < -0.4 is 0 Å². The highest BCUT2D eigenvalue weighted by atomic mass is 19.1. The second-order valence-electron chi connectivity index (χ2n) is 4.85. The van der Waals surface area contributed by atoms with Crippen LogP contribution in [0.5, 0.6) is 0 Å². The summed E-state index contributed by atoms with van der Waals surface area (Å²) in [6.45, 7) is 0.474. The van der Waals surface area contributed by atoms with Crippen LogP contribution in [0.3, 0.4) is 0 Å². The second-order valence-corrected chi connectivity index (χ2v) is 4.85. The van der Waals surface area contributed by atoms with Gasteiger partial charge in [-0.3, -0.25) is 9.78 Å². The number of halogens is 1. The lowest BCUT2D eigenvalue weighted by atomic mass is 10.2. The third kappa shape index (κ3) is 2.82. The van der Waals surface area contributed by atoms with Gasteiger partial charge in [0.15, 0.2) is 0 Å². The van der Waals surface area contributed by atoms with E-state index >= 15 is 0 Å². The number of rotatable bonds is 4. The molecule has 0 bridgehead atoms. The SMILES string of the molecule is O=C(c1ccc(F)nc1)N(Cc1ccccn1)C1CC1. The minimum absolute atomic E-state index is 0.120. The van der Waals surface area contributed by atoms with Gasteiger partial charge in [0.2, 0.25) is 5.95 Å². The molecule has 5 heteroatoms. The van der Waals surface area contributed by atoms with Crippen molar-refractivity contribution in [2.45, 2.75) is 25.4 Å². The zero-order valence-electron chi connectivity index (χ0n) is 10.9. The van der Waals surface area contributed by atoms with Gasteiger partial charge in [-0.25, -0.2) is 4.98 Å². The van der Waals surface area contributed by atoms with E-state index in [4.69, 9.17) is 0 Å². The lowest BCUT2D eigenvalue weighted by Crippen LogP contribution is -2.33. The van der Waals surface area contributed by atoms with Crippen LogP contribution >= 0.6 is 0 Å². The van der Waals surface area contributed by atoms with Crippen LogP contribution in [-0.2, 0) is 6.54 Å². The maximum Gasteiger partial charge on any atom is 0.256 e. The summed E-state index contributed by atoms with van der Waals surface area (Å²) in [7, 11) is 0. The number of aromatic nitrogens is 2. The molecule has 0 saturated heterocycles. The zero-order valence-corrected chi connectivity index (χ0v) is 10.9. The molecule has 3 rings (SSSR count). The number of hydrogen-bond acceptors (Lipinski definition) is 3. The van der Waals surface area contributed by atoms with Crippen LogP contribution in [0.15, 0.2) is 42.7 Å². The molecule has 0 atom stereocenters. The van der Waals surface area contributed by atoms with Crippen molar-refractivity contribution in [1.29, 1.82) is 0 Å². The molecule has 20 heavy (non-hydrogen) atoms. The van der Waals surface area contributed by atoms with Crippen LogP contribution in [-0.4, -0.2) is 26.8 Å². The van der Waals surface area contributed by atoms with E-state index < -0.39 is 5.95 Å². The van der Waals surface area contributed by atoms with Crippen molar-refractivity contribution in [3.05, 3.63) is 59.9 Å². The summed E-state index contributed by atoms with van der Waals surface area (Å²) in [6.07, 6.45) is 5.01. The van der Waals surface area contributed by atoms with Crippen LogP contribution in [0, 0.1) is 5.95 Å². The van der Waals surface area contributed by atoms with E-state index in [2.05, 4.69) is 9.97 Å². The van der Waals surface area contributed by atoms with Crippen LogP contribution in [0.25, 0.3) is 0 Å². The Bertz CT molecular complexity index is 596. The topological polar surface area (TPSA) is 46.1 Å². The van der Waals surface area contributed by atoms with E-state index in [9.17, 15) is 9.18 Å². The molecular formula is C15H14FN3O. The van der Waals surface area contributed by atoms with E-state index in [0.717, 1.165) is 18.5 Å². The highest BCUT2D eigenvalue weighted by Crippen LogP contribution is 2.29. The molecule has 0 aromatic carbocycles. The molecule has 2 aromatic rings. The molecule has 0 N–H and O–H groups in total. The van der Waals surface area contributed by atoms with Crippen LogP contribution in [0.1, 0.15) is 28.9 Å². The number of carbonyl (C=O) groups excluding carboxylic acids is 1. The van der Waals surface area contributed by atoms with Gasteiger partial charge in [-0.05, 0) is 37.1 Å². The first-order valence-electron chi connectivity index (χ1n) is 6.56. The van der Waals surface area contributed by atoms with Crippen molar-refractivity contribution in [2.75, 3.05) is 0 Å². The summed E-state index contributed by atoms with van der Waals surface area (Å²) in [4.78, 5) is 22.1. The third-order valence-corrected chi connectivity index (χ3v) is 3.28. The first-order chi connectivity index (χ1) is 9.74. The van der Waals surface area contributed by atoms with Crippen LogP contribution in [0.2, 0.25) is 0 Å². The summed E-state index contributed by atoms with van der Waals surface area (Å²) in [6, 6.07) is 8.58. The zero-order chi connectivity index (χ0) is 13.9. The summed E-state index contributed by atoms with van der Waals surface area (Å²) in [5.41, 5.74) is 1.26. The highest BCUT2D eigenvalue weighted by Gasteiger charge is 2.33. The van der Waals surface area contributed by atoms with Crippen molar-refractivity contribution in [1.82, 2.24) is 14.9 Å². The van der Waals surface area contributed by atoms with Crippen molar-refractivity contribution < 1.29 is 9.18 Å². The number of carbonyl (C=O) groups is 1. The Morgan fingerprint density at radius 3 is 2.70 bits per heavy atom. The summed E-state index contributed by atoms with van der Waals surface area (Å²) < 4.78 is 12.8. The van der Waals surface area contributed by atoms with Gasteiger partial charge < -0.3 is 4.90 Å². The molecule has 2 aromatic heterocycles. The Kier molecular flexibility index (Phi) is 3.41. The molecule has 0 radical (unpaired) electrons. The Hall–Kier alpha value is -2.30. The first kappa shape index (κ1) is 12.7. The standard InChI is InChI=1S/C15H14FN3O/c16-14-7-4-11(9-18-14)15(20)19(13-5-6-13)10-12-3-1-2-8-17-12/h1-4,7-9,13H,5-6,10H2. The Balaban J connectivity index is 1.80. The van der Waals surface area contributed by atoms with Crippen molar-refractivity contribution in [2.24, 2.45) is 0 Å². The molecule has 0 unspecified atom stereocenters. The predicted octanol–water partition coefficient (Wildman–Crippen LogP) is 2.42. The van der Waals surface area contributed by atoms with Gasteiger partial charge in [-0.2, -0.15) is 4.39 Å². The maximum absolute atomic E-state index is 12.8. The summed E-state index contributed by atoms with van der Waals surface area (Å²) >= 11 is 0. The lowest BCUT2D eigenvalue weighted by molar-refractivity contribution is 0.0727. The van der Waals surface area contributed by atoms with Gasteiger partial charge in [-0.15, -0.1) is 0 Å². The molecule has 1 aliphatic rings. The third-order valence-electron chi connectivity index (χ3n) is 3.28. The van der Waals surface area contributed by atoms with E-state index in [1.165, 1.54) is 18.3 Å². The summed E-state index contributed by atoms with van der Waals surface area (Å²) in [5, 5.41) is 0. The monoisotopic (exact) mass is 271 g/mol. The Labute approximate surface area is 116 Å². The average molecular weight is 271 g/mol. The number of hydrogen-bond donors (Lipinski definition) is 0. The molecule has 1 amide bonds. The van der Waals surface area contributed by atoms with Gasteiger partial charge >= 0.3 is 0 Å². The van der Waals surface area contributed by atoms with Gasteiger partial charge in [0.05, 0.1) is 17.8 Å². The molecule has 1 aliphatic carbocycles. The maximum atomic E-state index is 12.8. The minimum Gasteiger partial charge on any atom is -0.330 e. The Morgan fingerprint density at radius 2 is 2.10 bits per heavy atom. The predicted molar refractivity (Wildman–Crippen MR) is 71.3 cm³/mol. The molecule has 0 spiro atoms. The molecule has 1 fully saturated rings. The van der Waals surface area contributed by atoms with E-state index in [1.54, 1.807) is 11.1 Å². The Morgan fingerprint density at radius 1 is 1.25 bits per heavy atom. The van der Waals surface area contributed by atoms with Crippen molar-refractivity contribution in [3.63, 3.8) is 0 Å². The summed E-state index contributed by atoms with van der Waals surface area (Å²) in [5.74, 6) is -0.699. The fourth-order valence-electron chi connectivity index (χ4n) is 2.09. The average Bonchev–Trinajstić information content (AvgIpc) is 3.30. The molecule has 2 heterocycles. The molecule has 1 saturated carbocycles. The van der Waals surface area contributed by atoms with Gasteiger partial charge in [-0.1, -0.05) is 6.07 Å². The van der Waals surface area contributed by atoms with Gasteiger partial charge in [0.25, 0.3) is 5.91 Å². The number of nitrogens with zero attached hydrogens (tertiary/aromatic N) is 3. The number of amides is 1. The first-order valence-corrected chi connectivity index (χ1v) is 6.56. The molecular weight excluding hydrogens is 257 g/mol. The van der Waals surface area contributed by atoms with E-state index in [0.29, 0.717) is 12.1 Å².